The summed E-state index contributed by atoms with van der Waals surface area (Å²) in [5, 5.41) is 18.9. The highest BCUT2D eigenvalue weighted by atomic mass is 35.5. The lowest BCUT2D eigenvalue weighted by atomic mass is 10.1. The molecule has 2 aromatic heterocycles. The molecule has 0 unspecified atom stereocenters. The van der Waals surface area contributed by atoms with Gasteiger partial charge in [0.2, 0.25) is 5.91 Å². The van der Waals surface area contributed by atoms with E-state index in [-0.39, 0.29) is 45.2 Å². The molecule has 2 fully saturated rings. The number of aliphatic hydroxyl groups excluding tert-OH is 1. The molecule has 42 heavy (non-hydrogen) atoms. The topological polar surface area (TPSA) is 138 Å². The van der Waals surface area contributed by atoms with Gasteiger partial charge in [-0.25, -0.2) is 4.98 Å². The summed E-state index contributed by atoms with van der Waals surface area (Å²) in [6.45, 7) is 1.69. The zero-order valence-electron chi connectivity index (χ0n) is 22.7. The van der Waals surface area contributed by atoms with Gasteiger partial charge in [0.15, 0.2) is 11.5 Å². The summed E-state index contributed by atoms with van der Waals surface area (Å²) in [5.74, 6) is -1.27. The minimum atomic E-state index is -4.69. The first-order chi connectivity index (χ1) is 19.8. The molecule has 3 aromatic rings. The van der Waals surface area contributed by atoms with Crippen LogP contribution in [0, 0.1) is 0 Å². The number of aryl methyl sites for hydroxylation is 1. The van der Waals surface area contributed by atoms with Gasteiger partial charge in [-0.05, 0) is 24.6 Å². The molecule has 2 atom stereocenters. The fourth-order valence-electron chi connectivity index (χ4n) is 5.14. The maximum absolute atomic E-state index is 13.4. The van der Waals surface area contributed by atoms with Crippen LogP contribution in [0.15, 0.2) is 30.6 Å². The van der Waals surface area contributed by atoms with E-state index in [9.17, 15) is 32.7 Å². The third-order valence-electron chi connectivity index (χ3n) is 7.31. The summed E-state index contributed by atoms with van der Waals surface area (Å²) >= 11 is 6.40. The van der Waals surface area contributed by atoms with Gasteiger partial charge < -0.3 is 30.1 Å². The Hall–Kier alpha value is -3.95. The van der Waals surface area contributed by atoms with E-state index in [0.29, 0.717) is 39.1 Å². The summed E-state index contributed by atoms with van der Waals surface area (Å²) in [6.07, 6.45) is -2.51. The number of nitrogens with one attached hydrogen (secondary N) is 2. The number of carbonyl (C=O) groups is 3. The minimum absolute atomic E-state index is 0.0541. The zero-order valence-corrected chi connectivity index (χ0v) is 23.4. The van der Waals surface area contributed by atoms with Crippen LogP contribution in [0.1, 0.15) is 33.1 Å². The minimum Gasteiger partial charge on any atom is -0.392 e. The zero-order chi connectivity index (χ0) is 30.3. The molecule has 2 aliphatic heterocycles. The molecule has 1 aromatic carbocycles. The maximum Gasteiger partial charge on any atom is 0.435 e. The van der Waals surface area contributed by atoms with Gasteiger partial charge in [0.05, 0.1) is 40.2 Å². The van der Waals surface area contributed by atoms with Gasteiger partial charge in [-0.3, -0.25) is 19.1 Å². The van der Waals surface area contributed by atoms with Crippen LogP contribution in [-0.4, -0.2) is 96.8 Å². The first kappa shape index (κ1) is 29.5. The lowest BCUT2D eigenvalue weighted by Crippen LogP contribution is -2.54. The van der Waals surface area contributed by atoms with E-state index in [1.165, 1.54) is 43.1 Å². The summed E-state index contributed by atoms with van der Waals surface area (Å²) in [4.78, 5) is 46.0. The van der Waals surface area contributed by atoms with Crippen molar-refractivity contribution >= 4 is 35.0 Å². The fourth-order valence-corrected chi connectivity index (χ4v) is 5.40. The lowest BCUT2D eigenvalue weighted by Gasteiger charge is -2.36. The van der Waals surface area contributed by atoms with E-state index < -0.39 is 29.9 Å². The number of rotatable bonds is 5. The second kappa shape index (κ2) is 11.4. The molecule has 0 saturated carbocycles. The van der Waals surface area contributed by atoms with Crippen LogP contribution in [0.5, 0.6) is 0 Å². The van der Waals surface area contributed by atoms with Gasteiger partial charge >= 0.3 is 6.18 Å². The molecule has 5 rings (SSSR count). The highest BCUT2D eigenvalue weighted by Crippen LogP contribution is 2.36. The van der Waals surface area contributed by atoms with Crippen molar-refractivity contribution < 1.29 is 32.7 Å². The van der Waals surface area contributed by atoms with Gasteiger partial charge in [0.25, 0.3) is 11.8 Å². The molecule has 4 heterocycles. The van der Waals surface area contributed by atoms with Crippen LogP contribution in [0.4, 0.5) is 18.9 Å². The van der Waals surface area contributed by atoms with Gasteiger partial charge in [-0.2, -0.15) is 18.3 Å². The van der Waals surface area contributed by atoms with Crippen molar-refractivity contribution in [3.8, 4) is 11.3 Å². The third-order valence-corrected chi connectivity index (χ3v) is 7.62. The highest BCUT2D eigenvalue weighted by Gasteiger charge is 2.38. The molecule has 2 aliphatic rings. The molecule has 0 spiro atoms. The fraction of sp³-hybridized carbons (Fsp3) is 0.423. The number of hydrogen-bond acceptors (Lipinski definition) is 7. The molecular formula is C26H28ClF3N8O4. The molecule has 16 heteroatoms. The number of halogens is 4. The molecule has 0 bridgehead atoms. The van der Waals surface area contributed by atoms with Crippen LogP contribution in [0.3, 0.4) is 0 Å². The van der Waals surface area contributed by atoms with E-state index in [1.54, 1.807) is 9.80 Å². The molecule has 0 aliphatic carbocycles. The summed E-state index contributed by atoms with van der Waals surface area (Å²) < 4.78 is 42.6. The largest absolute Gasteiger partial charge is 0.435 e. The van der Waals surface area contributed by atoms with Crippen molar-refractivity contribution in [3.05, 3.63) is 52.7 Å². The van der Waals surface area contributed by atoms with Crippen molar-refractivity contribution in [2.75, 3.05) is 38.0 Å². The Bertz CT molecular complexity index is 1530. The standard InChI is InChI=1S/C26H28ClF3N8O4/c1-35-13-17(21(34-35)26(28,29)30)20-12-32-22(36(20)2)23(40)33-14-3-4-16(18(27)9-14)24(41)37-5-7-38(8-6-37)25(42)19-10-15(39)11-31-19/h3-4,9,12-13,15,19,31,39H,5-8,10-11H2,1-2H3,(H,33,40)/t15-,19+/m1/s1. The van der Waals surface area contributed by atoms with Crippen molar-refractivity contribution in [1.29, 1.82) is 0 Å². The molecular weight excluding hydrogens is 581 g/mol. The number of alkyl halides is 3. The first-order valence-electron chi connectivity index (χ1n) is 13.1. The maximum atomic E-state index is 13.4. The van der Waals surface area contributed by atoms with Crippen LogP contribution in [0.2, 0.25) is 5.02 Å². The van der Waals surface area contributed by atoms with Crippen molar-refractivity contribution in [2.24, 2.45) is 14.1 Å². The number of hydrogen-bond donors (Lipinski definition) is 3. The number of β-amino-alcohol motifs (C(OH)–C–C–N with tert-alkyl or cyclic N) is 1. The average molecular weight is 609 g/mol. The Morgan fingerprint density at radius 3 is 2.43 bits per heavy atom. The van der Waals surface area contributed by atoms with Crippen LogP contribution in [-0.2, 0) is 25.1 Å². The number of benzene rings is 1. The second-order valence-electron chi connectivity index (χ2n) is 10.2. The molecule has 0 radical (unpaired) electrons. The van der Waals surface area contributed by atoms with E-state index in [2.05, 4.69) is 20.7 Å². The Kier molecular flexibility index (Phi) is 8.00. The molecule has 2 saturated heterocycles. The number of carbonyl (C=O) groups excluding carboxylic acids is 3. The quantitative estimate of drug-likeness (QED) is 0.401. The number of nitrogens with zero attached hydrogens (tertiary/aromatic N) is 6. The summed E-state index contributed by atoms with van der Waals surface area (Å²) in [6, 6.07) is 3.93. The number of imidazole rings is 1. The smallest absolute Gasteiger partial charge is 0.392 e. The van der Waals surface area contributed by atoms with Crippen LogP contribution >= 0.6 is 11.6 Å². The summed E-state index contributed by atoms with van der Waals surface area (Å²) in [7, 11) is 2.78. The van der Waals surface area contributed by atoms with Crippen molar-refractivity contribution in [1.82, 2.24) is 34.4 Å². The van der Waals surface area contributed by atoms with Crippen molar-refractivity contribution in [2.45, 2.75) is 24.7 Å². The normalized spacial score (nSPS) is 19.3. The number of piperazine rings is 1. The van der Waals surface area contributed by atoms with E-state index in [1.807, 2.05) is 0 Å². The Labute approximate surface area is 243 Å². The Balaban J connectivity index is 1.23. The van der Waals surface area contributed by atoms with Crippen LogP contribution in [0.25, 0.3) is 11.3 Å². The molecule has 3 amide bonds. The number of amides is 3. The Morgan fingerprint density at radius 2 is 1.81 bits per heavy atom. The lowest BCUT2D eigenvalue weighted by molar-refractivity contribution is -0.141. The SMILES string of the molecule is Cn1cc(-c2cnc(C(=O)Nc3ccc(C(=O)N4CCN(C(=O)[C@@H]5C[C@@H](O)CN5)CC4)c(Cl)c3)n2C)c(C(F)(F)F)n1. The molecule has 12 nitrogen and oxygen atoms in total. The monoisotopic (exact) mass is 608 g/mol. The average Bonchev–Trinajstić information content (AvgIpc) is 3.65. The van der Waals surface area contributed by atoms with Gasteiger partial charge in [-0.15, -0.1) is 0 Å². The first-order valence-corrected chi connectivity index (χ1v) is 13.4. The number of anilines is 1. The highest BCUT2D eigenvalue weighted by molar-refractivity contribution is 6.34. The van der Waals surface area contributed by atoms with Crippen molar-refractivity contribution in [3.63, 3.8) is 0 Å². The predicted octanol–water partition coefficient (Wildman–Crippen LogP) is 1.75. The Morgan fingerprint density at radius 1 is 1.12 bits per heavy atom. The van der Waals surface area contributed by atoms with Gasteiger partial charge in [0.1, 0.15) is 0 Å². The predicted molar refractivity (Wildman–Crippen MR) is 145 cm³/mol. The molecule has 224 valence electrons. The third kappa shape index (κ3) is 5.84. The van der Waals surface area contributed by atoms with Gasteiger partial charge in [0, 0.05) is 58.7 Å². The van der Waals surface area contributed by atoms with E-state index >= 15 is 0 Å². The van der Waals surface area contributed by atoms with E-state index in [4.69, 9.17) is 11.6 Å². The van der Waals surface area contributed by atoms with E-state index in [0.717, 1.165) is 10.9 Å². The van der Waals surface area contributed by atoms with Crippen LogP contribution < -0.4 is 10.6 Å². The number of aliphatic hydroxyl groups is 1. The number of aromatic nitrogens is 4. The second-order valence-corrected chi connectivity index (χ2v) is 10.6. The van der Waals surface area contributed by atoms with Gasteiger partial charge in [-0.1, -0.05) is 11.6 Å². The molecule has 3 N–H and O–H groups in total. The summed E-state index contributed by atoms with van der Waals surface area (Å²) in [5.41, 5.74) is -0.788.